The SMILES string of the molecule is COc1ccc2c(cc(/C=N/NS(=O)(=O)c3ccc(C)cc3)n2CC=C(C)C)c1OCc1ccccc1. The highest BCUT2D eigenvalue weighted by atomic mass is 32.2. The fraction of sp³-hybridized carbons (Fsp3) is 0.207. The zero-order chi connectivity index (χ0) is 26.4. The van der Waals surface area contributed by atoms with Crippen LogP contribution in [0.15, 0.2) is 94.4 Å². The highest BCUT2D eigenvalue weighted by Gasteiger charge is 2.17. The van der Waals surface area contributed by atoms with E-state index in [0.717, 1.165) is 27.7 Å². The van der Waals surface area contributed by atoms with Gasteiger partial charge >= 0.3 is 0 Å². The number of rotatable bonds is 10. The molecule has 1 heterocycles. The zero-order valence-corrected chi connectivity index (χ0v) is 22.2. The summed E-state index contributed by atoms with van der Waals surface area (Å²) >= 11 is 0. The van der Waals surface area contributed by atoms with Crippen LogP contribution in [0.4, 0.5) is 0 Å². The molecule has 0 saturated carbocycles. The summed E-state index contributed by atoms with van der Waals surface area (Å²) in [5, 5.41) is 4.93. The Labute approximate surface area is 218 Å². The van der Waals surface area contributed by atoms with Gasteiger partial charge in [0.1, 0.15) is 6.61 Å². The van der Waals surface area contributed by atoms with Gasteiger partial charge < -0.3 is 14.0 Å². The number of nitrogens with zero attached hydrogens (tertiary/aromatic N) is 2. The van der Waals surface area contributed by atoms with E-state index >= 15 is 0 Å². The molecule has 37 heavy (non-hydrogen) atoms. The summed E-state index contributed by atoms with van der Waals surface area (Å²) in [5.41, 5.74) is 4.82. The van der Waals surface area contributed by atoms with Gasteiger partial charge in [0.25, 0.3) is 10.0 Å². The highest BCUT2D eigenvalue weighted by molar-refractivity contribution is 7.89. The molecule has 0 atom stereocenters. The average Bonchev–Trinajstić information content (AvgIpc) is 3.24. The molecule has 0 saturated heterocycles. The van der Waals surface area contributed by atoms with Gasteiger partial charge in [-0.2, -0.15) is 13.5 Å². The summed E-state index contributed by atoms with van der Waals surface area (Å²) in [6, 6.07) is 22.3. The van der Waals surface area contributed by atoms with Crippen molar-refractivity contribution in [3.63, 3.8) is 0 Å². The van der Waals surface area contributed by atoms with E-state index in [-0.39, 0.29) is 4.90 Å². The molecule has 0 aliphatic heterocycles. The van der Waals surface area contributed by atoms with Crippen molar-refractivity contribution in [1.29, 1.82) is 0 Å². The van der Waals surface area contributed by atoms with Crippen LogP contribution in [-0.2, 0) is 23.2 Å². The van der Waals surface area contributed by atoms with Gasteiger partial charge in [-0.1, -0.05) is 59.7 Å². The molecule has 4 aromatic rings. The van der Waals surface area contributed by atoms with E-state index in [4.69, 9.17) is 9.47 Å². The average molecular weight is 518 g/mol. The fourth-order valence-electron chi connectivity index (χ4n) is 3.86. The van der Waals surface area contributed by atoms with Crippen molar-refractivity contribution >= 4 is 27.1 Å². The molecule has 8 heteroatoms. The normalized spacial score (nSPS) is 11.6. The van der Waals surface area contributed by atoms with Crippen molar-refractivity contribution in [2.24, 2.45) is 5.10 Å². The highest BCUT2D eigenvalue weighted by Crippen LogP contribution is 2.38. The van der Waals surface area contributed by atoms with Gasteiger partial charge in [-0.3, -0.25) is 0 Å². The number of sulfonamides is 1. The molecule has 192 valence electrons. The van der Waals surface area contributed by atoms with Crippen molar-refractivity contribution in [2.45, 2.75) is 38.8 Å². The summed E-state index contributed by atoms with van der Waals surface area (Å²) in [5.74, 6) is 1.24. The molecular formula is C29H31N3O4S. The van der Waals surface area contributed by atoms with Crippen molar-refractivity contribution in [2.75, 3.05) is 7.11 Å². The first-order valence-electron chi connectivity index (χ1n) is 11.9. The summed E-state index contributed by atoms with van der Waals surface area (Å²) < 4.78 is 39.3. The number of methoxy groups -OCH3 is 1. The number of benzene rings is 3. The van der Waals surface area contributed by atoms with Crippen LogP contribution in [0.2, 0.25) is 0 Å². The smallest absolute Gasteiger partial charge is 0.276 e. The molecule has 0 amide bonds. The molecule has 0 unspecified atom stereocenters. The van der Waals surface area contributed by atoms with Gasteiger partial charge in [0.05, 0.1) is 29.4 Å². The van der Waals surface area contributed by atoms with Gasteiger partial charge in [-0.15, -0.1) is 0 Å². The van der Waals surface area contributed by atoms with E-state index in [9.17, 15) is 8.42 Å². The monoisotopic (exact) mass is 517 g/mol. The Morgan fingerprint density at radius 2 is 1.76 bits per heavy atom. The number of hydrogen-bond acceptors (Lipinski definition) is 5. The van der Waals surface area contributed by atoms with Gasteiger partial charge in [0.15, 0.2) is 11.5 Å². The second-order valence-corrected chi connectivity index (χ2v) is 10.6. The molecule has 0 fully saturated rings. The molecule has 3 aromatic carbocycles. The topological polar surface area (TPSA) is 81.9 Å². The van der Waals surface area contributed by atoms with Crippen LogP contribution in [0.1, 0.15) is 30.7 Å². The summed E-state index contributed by atoms with van der Waals surface area (Å²) in [6.07, 6.45) is 3.61. The van der Waals surface area contributed by atoms with Gasteiger partial charge in [0.2, 0.25) is 0 Å². The minimum absolute atomic E-state index is 0.154. The largest absolute Gasteiger partial charge is 0.493 e. The predicted molar refractivity (Wildman–Crippen MR) is 148 cm³/mol. The number of hydrogen-bond donors (Lipinski definition) is 1. The number of nitrogens with one attached hydrogen (secondary N) is 1. The van der Waals surface area contributed by atoms with E-state index in [1.165, 1.54) is 11.8 Å². The Morgan fingerprint density at radius 3 is 2.43 bits per heavy atom. The number of allylic oxidation sites excluding steroid dienone is 2. The fourth-order valence-corrected chi connectivity index (χ4v) is 4.66. The van der Waals surface area contributed by atoms with Crippen LogP contribution in [0.5, 0.6) is 11.5 Å². The first-order valence-corrected chi connectivity index (χ1v) is 13.4. The van der Waals surface area contributed by atoms with E-state index in [2.05, 4.69) is 20.6 Å². The summed E-state index contributed by atoms with van der Waals surface area (Å²) in [6.45, 7) is 6.94. The molecule has 4 rings (SSSR count). The molecule has 0 aliphatic carbocycles. The molecular weight excluding hydrogens is 486 g/mol. The van der Waals surface area contributed by atoms with Gasteiger partial charge in [-0.05, 0) is 56.7 Å². The van der Waals surface area contributed by atoms with Crippen LogP contribution in [0.3, 0.4) is 0 Å². The third kappa shape index (κ3) is 6.21. The van der Waals surface area contributed by atoms with Crippen molar-refractivity contribution < 1.29 is 17.9 Å². The van der Waals surface area contributed by atoms with E-state index < -0.39 is 10.0 Å². The Bertz CT molecular complexity index is 1530. The second-order valence-electron chi connectivity index (χ2n) is 8.93. The Hall–Kier alpha value is -4.04. The Balaban J connectivity index is 1.71. The quantitative estimate of drug-likeness (QED) is 0.163. The number of aromatic nitrogens is 1. The van der Waals surface area contributed by atoms with Crippen LogP contribution in [0, 0.1) is 6.92 Å². The second kappa shape index (κ2) is 11.3. The van der Waals surface area contributed by atoms with Crippen molar-refractivity contribution in [3.05, 3.63) is 101 Å². The van der Waals surface area contributed by atoms with Crippen LogP contribution < -0.4 is 14.3 Å². The number of fused-ring (bicyclic) bond motifs is 1. The minimum atomic E-state index is -3.79. The Kier molecular flexibility index (Phi) is 7.98. The zero-order valence-electron chi connectivity index (χ0n) is 21.4. The minimum Gasteiger partial charge on any atom is -0.493 e. The first-order chi connectivity index (χ1) is 17.8. The molecule has 1 aromatic heterocycles. The maximum Gasteiger partial charge on any atom is 0.276 e. The van der Waals surface area contributed by atoms with E-state index in [1.807, 2.05) is 69.3 Å². The van der Waals surface area contributed by atoms with E-state index in [0.29, 0.717) is 24.7 Å². The van der Waals surface area contributed by atoms with Gasteiger partial charge in [-0.25, -0.2) is 4.83 Å². The number of aryl methyl sites for hydroxylation is 1. The predicted octanol–water partition coefficient (Wildman–Crippen LogP) is 5.82. The number of ether oxygens (including phenoxy) is 2. The third-order valence-electron chi connectivity index (χ3n) is 5.86. The van der Waals surface area contributed by atoms with Crippen molar-refractivity contribution in [1.82, 2.24) is 9.40 Å². The molecule has 0 aliphatic rings. The Morgan fingerprint density at radius 1 is 1.03 bits per heavy atom. The summed E-state index contributed by atoms with van der Waals surface area (Å²) in [4.78, 5) is 2.47. The van der Waals surface area contributed by atoms with Crippen molar-refractivity contribution in [3.8, 4) is 11.5 Å². The molecule has 0 radical (unpaired) electrons. The van der Waals surface area contributed by atoms with Gasteiger partial charge in [0, 0.05) is 11.9 Å². The molecule has 1 N–H and O–H groups in total. The number of hydrazone groups is 1. The lowest BCUT2D eigenvalue weighted by molar-refractivity contribution is 0.288. The molecule has 7 nitrogen and oxygen atoms in total. The standard InChI is InChI=1S/C29H31N3O4S/c1-21(2)16-17-32-24(19-30-31-37(33,34)25-12-10-22(3)11-13-25)18-26-27(32)14-15-28(35-4)29(26)36-20-23-8-6-5-7-9-23/h5-16,18-19,31H,17,20H2,1-4H3/b30-19+. The summed E-state index contributed by atoms with van der Waals surface area (Å²) in [7, 11) is -2.18. The first kappa shape index (κ1) is 26.0. The molecule has 0 bridgehead atoms. The van der Waals surface area contributed by atoms with Crippen LogP contribution >= 0.6 is 0 Å². The third-order valence-corrected chi connectivity index (χ3v) is 7.10. The van der Waals surface area contributed by atoms with Crippen LogP contribution in [-0.4, -0.2) is 26.3 Å². The lowest BCUT2D eigenvalue weighted by Crippen LogP contribution is -2.18. The lowest BCUT2D eigenvalue weighted by Gasteiger charge is -2.13. The maximum absolute atomic E-state index is 12.7. The van der Waals surface area contributed by atoms with E-state index in [1.54, 1.807) is 31.4 Å². The van der Waals surface area contributed by atoms with Crippen LogP contribution in [0.25, 0.3) is 10.9 Å². The molecule has 0 spiro atoms. The lowest BCUT2D eigenvalue weighted by atomic mass is 10.2. The maximum atomic E-state index is 12.7.